The van der Waals surface area contributed by atoms with Crippen LogP contribution >= 0.6 is 0 Å². The van der Waals surface area contributed by atoms with Crippen molar-refractivity contribution in [2.24, 2.45) is 5.92 Å². The van der Waals surface area contributed by atoms with Crippen LogP contribution in [-0.4, -0.2) is 33.1 Å². The van der Waals surface area contributed by atoms with E-state index in [0.717, 1.165) is 11.1 Å². The topological polar surface area (TPSA) is 88.3 Å². The molecule has 0 saturated carbocycles. The highest BCUT2D eigenvalue weighted by atomic mass is 16.6. The molecule has 1 aromatic heterocycles. The van der Waals surface area contributed by atoms with Gasteiger partial charge in [0.05, 0.1) is 0 Å². The fraction of sp³-hybridized carbons (Fsp3) is 0.444. The molecule has 0 unspecified atom stereocenters. The summed E-state index contributed by atoms with van der Waals surface area (Å²) in [4.78, 5) is 27.2. The maximum absolute atomic E-state index is 12.8. The van der Waals surface area contributed by atoms with Crippen molar-refractivity contribution in [3.63, 3.8) is 0 Å². The Morgan fingerprint density at radius 3 is 2.64 bits per heavy atom. The number of aromatic nitrogens is 2. The Morgan fingerprint density at radius 2 is 2.00 bits per heavy atom. The molecule has 0 aliphatic carbocycles. The van der Waals surface area contributed by atoms with Gasteiger partial charge >= 0.3 is 0 Å². The number of hydrogen-bond acceptors (Lipinski definition) is 5. The average molecular weight is 342 g/mol. The Kier molecular flexibility index (Phi) is 4.83. The molecule has 1 aliphatic rings. The van der Waals surface area contributed by atoms with Gasteiger partial charge < -0.3 is 10.2 Å². The van der Waals surface area contributed by atoms with Gasteiger partial charge in [0.2, 0.25) is 11.8 Å². The lowest BCUT2D eigenvalue weighted by molar-refractivity contribution is -0.140. The van der Waals surface area contributed by atoms with E-state index in [1.165, 1.54) is 0 Å². The van der Waals surface area contributed by atoms with E-state index < -0.39 is 6.04 Å². The normalized spacial score (nSPS) is 16.6. The second kappa shape index (κ2) is 7.04. The van der Waals surface area contributed by atoms with Gasteiger partial charge in [-0.1, -0.05) is 43.3 Å². The lowest BCUT2D eigenvalue weighted by Crippen LogP contribution is -2.51. The molecule has 0 radical (unpaired) electrons. The van der Waals surface area contributed by atoms with Gasteiger partial charge in [0.1, 0.15) is 11.7 Å². The molecule has 2 amide bonds. The van der Waals surface area contributed by atoms with Crippen LogP contribution in [0.5, 0.6) is 0 Å². The van der Waals surface area contributed by atoms with Crippen molar-refractivity contribution in [2.45, 2.75) is 46.2 Å². The molecule has 2 heterocycles. The van der Waals surface area contributed by atoms with E-state index in [4.69, 9.17) is 0 Å². The Hall–Kier alpha value is -2.70. The molecular weight excluding hydrogens is 320 g/mol. The van der Waals surface area contributed by atoms with Crippen molar-refractivity contribution >= 4 is 17.6 Å². The van der Waals surface area contributed by atoms with Crippen molar-refractivity contribution in [3.8, 4) is 0 Å². The number of nitrogens with zero attached hydrogens (tertiary/aromatic N) is 3. The molecule has 7 heteroatoms. The predicted molar refractivity (Wildman–Crippen MR) is 91.6 cm³/mol. The minimum Gasteiger partial charge on any atom is -0.326 e. The van der Waals surface area contributed by atoms with E-state index in [-0.39, 0.29) is 17.7 Å². The number of rotatable bonds is 4. The first-order chi connectivity index (χ1) is 12.0. The second-order valence-electron chi connectivity index (χ2n) is 6.80. The van der Waals surface area contributed by atoms with Crippen molar-refractivity contribution in [2.75, 3.05) is 5.32 Å². The summed E-state index contributed by atoms with van der Waals surface area (Å²) >= 11 is 0. The zero-order chi connectivity index (χ0) is 18.0. The summed E-state index contributed by atoms with van der Waals surface area (Å²) in [6.45, 7) is 6.13. The second-order valence-corrected chi connectivity index (χ2v) is 6.80. The molecule has 2 aromatic rings. The molecule has 1 N–H and O–H groups in total. The lowest BCUT2D eigenvalue weighted by Gasteiger charge is -2.36. The minimum atomic E-state index is -0.572. The number of nitrogens with one attached hydrogen (secondary N) is 1. The van der Waals surface area contributed by atoms with E-state index >= 15 is 0 Å². The number of anilines is 1. The van der Waals surface area contributed by atoms with E-state index in [1.807, 2.05) is 38.1 Å². The predicted octanol–water partition coefficient (Wildman–Crippen LogP) is 2.32. The summed E-state index contributed by atoms with van der Waals surface area (Å²) in [7, 11) is 0. The van der Waals surface area contributed by atoms with E-state index in [1.54, 1.807) is 11.8 Å². The first-order valence-electron chi connectivity index (χ1n) is 8.42. The molecule has 3 rings (SSSR count). The maximum atomic E-state index is 12.8. The fourth-order valence-corrected chi connectivity index (χ4v) is 3.03. The van der Waals surface area contributed by atoms with Crippen molar-refractivity contribution in [1.29, 1.82) is 0 Å². The number of amides is 2. The quantitative estimate of drug-likeness (QED) is 0.921. The number of carbonyl (C=O) groups is 2. The van der Waals surface area contributed by atoms with Crippen LogP contribution in [0.25, 0.3) is 0 Å². The third kappa shape index (κ3) is 3.70. The first-order valence-corrected chi connectivity index (χ1v) is 8.42. The van der Waals surface area contributed by atoms with Crippen LogP contribution in [0, 0.1) is 12.8 Å². The number of benzene rings is 1. The maximum Gasteiger partial charge on any atom is 0.248 e. The van der Waals surface area contributed by atoms with Gasteiger partial charge in [0.25, 0.3) is 0 Å². The molecule has 1 atom stereocenters. The largest absolute Gasteiger partial charge is 0.326 e. The summed E-state index contributed by atoms with van der Waals surface area (Å²) in [6, 6.07) is 7.34. The standard InChI is InChI=1S/C18H22N4O3/c1-11(2)8-16(23)22-10-14-7-5-4-6-13(14)9-15(22)18(24)19-17-12(3)20-25-21-17/h4-7,11,15H,8-10H2,1-3H3,(H,19,21,24)/t15-/m1/s1. The third-order valence-electron chi connectivity index (χ3n) is 4.35. The molecule has 0 spiro atoms. The van der Waals surface area contributed by atoms with Gasteiger partial charge in [-0.25, -0.2) is 4.63 Å². The zero-order valence-electron chi connectivity index (χ0n) is 14.7. The minimum absolute atomic E-state index is 0.0142. The molecule has 132 valence electrons. The van der Waals surface area contributed by atoms with E-state index in [9.17, 15) is 9.59 Å². The molecule has 25 heavy (non-hydrogen) atoms. The highest BCUT2D eigenvalue weighted by molar-refractivity contribution is 5.97. The van der Waals surface area contributed by atoms with E-state index in [2.05, 4.69) is 20.3 Å². The number of carbonyl (C=O) groups excluding carboxylic acids is 2. The van der Waals surface area contributed by atoms with Crippen LogP contribution in [0.3, 0.4) is 0 Å². The Bertz CT molecular complexity index is 784. The highest BCUT2D eigenvalue weighted by Gasteiger charge is 2.35. The average Bonchev–Trinajstić information content (AvgIpc) is 2.97. The molecule has 0 saturated heterocycles. The number of aryl methyl sites for hydroxylation is 1. The molecular formula is C18H22N4O3. The van der Waals surface area contributed by atoms with Gasteiger partial charge in [-0.2, -0.15) is 0 Å². The first kappa shape index (κ1) is 17.1. The van der Waals surface area contributed by atoms with Crippen LogP contribution in [0.2, 0.25) is 0 Å². The van der Waals surface area contributed by atoms with Gasteiger partial charge in [-0.3, -0.25) is 9.59 Å². The van der Waals surface area contributed by atoms with Gasteiger partial charge in [-0.15, -0.1) is 0 Å². The third-order valence-corrected chi connectivity index (χ3v) is 4.35. The van der Waals surface area contributed by atoms with Crippen LogP contribution in [0.4, 0.5) is 5.82 Å². The Balaban J connectivity index is 1.86. The number of fused-ring (bicyclic) bond motifs is 1. The smallest absolute Gasteiger partial charge is 0.248 e. The lowest BCUT2D eigenvalue weighted by atomic mass is 9.92. The van der Waals surface area contributed by atoms with Crippen molar-refractivity contribution in [3.05, 3.63) is 41.1 Å². The molecule has 1 aromatic carbocycles. The summed E-state index contributed by atoms with van der Waals surface area (Å²) < 4.78 is 4.62. The van der Waals surface area contributed by atoms with Gasteiger partial charge in [0, 0.05) is 19.4 Å². The van der Waals surface area contributed by atoms with Crippen molar-refractivity contribution in [1.82, 2.24) is 15.2 Å². The summed E-state index contributed by atoms with van der Waals surface area (Å²) in [6.07, 6.45) is 0.895. The molecule has 0 bridgehead atoms. The molecule has 0 fully saturated rings. The zero-order valence-corrected chi connectivity index (χ0v) is 14.7. The van der Waals surface area contributed by atoms with Crippen LogP contribution in [-0.2, 0) is 22.6 Å². The van der Waals surface area contributed by atoms with Crippen LogP contribution < -0.4 is 5.32 Å². The molecule has 7 nitrogen and oxygen atoms in total. The highest BCUT2D eigenvalue weighted by Crippen LogP contribution is 2.25. The summed E-state index contributed by atoms with van der Waals surface area (Å²) in [5, 5.41) is 10.1. The summed E-state index contributed by atoms with van der Waals surface area (Å²) in [5.74, 6) is 0.237. The Morgan fingerprint density at radius 1 is 1.28 bits per heavy atom. The van der Waals surface area contributed by atoms with Gasteiger partial charge in [0.15, 0.2) is 5.82 Å². The SMILES string of the molecule is Cc1nonc1NC(=O)[C@H]1Cc2ccccc2CN1C(=O)CC(C)C. The Labute approximate surface area is 146 Å². The fourth-order valence-electron chi connectivity index (χ4n) is 3.03. The van der Waals surface area contributed by atoms with Crippen molar-refractivity contribution < 1.29 is 14.2 Å². The van der Waals surface area contributed by atoms with Gasteiger partial charge in [-0.05, 0) is 29.1 Å². The molecule has 1 aliphatic heterocycles. The monoisotopic (exact) mass is 342 g/mol. The van der Waals surface area contributed by atoms with Crippen LogP contribution in [0.15, 0.2) is 28.9 Å². The summed E-state index contributed by atoms with van der Waals surface area (Å²) in [5.41, 5.74) is 2.68. The number of hydrogen-bond donors (Lipinski definition) is 1. The van der Waals surface area contributed by atoms with E-state index in [0.29, 0.717) is 30.9 Å². The van der Waals surface area contributed by atoms with Crippen LogP contribution in [0.1, 0.15) is 37.1 Å².